The van der Waals surface area contributed by atoms with Gasteiger partial charge in [-0.15, -0.1) is 0 Å². The van der Waals surface area contributed by atoms with Gasteiger partial charge in [0.1, 0.15) is 10.8 Å². The van der Waals surface area contributed by atoms with Gasteiger partial charge in [0.15, 0.2) is 6.61 Å². The maximum Gasteiger partial charge on any atom is 0.341 e. The highest BCUT2D eigenvalue weighted by atomic mass is 32.2. The summed E-state index contributed by atoms with van der Waals surface area (Å²) in [5, 5.41) is 9.29. The predicted molar refractivity (Wildman–Crippen MR) is 97.9 cm³/mol. The van der Waals surface area contributed by atoms with Gasteiger partial charge in [0.2, 0.25) is 0 Å². The highest BCUT2D eigenvalue weighted by Crippen LogP contribution is 2.32. The second-order valence-corrected chi connectivity index (χ2v) is 6.48. The Balaban J connectivity index is 1.71. The number of amides is 1. The number of hydrogen-bond acceptors (Lipinski definition) is 4. The molecule has 0 saturated heterocycles. The number of carboxylic acids is 1. The van der Waals surface area contributed by atoms with Gasteiger partial charge in [-0.3, -0.25) is 4.79 Å². The van der Waals surface area contributed by atoms with Gasteiger partial charge in [-0.25, -0.2) is 9.79 Å². The first kappa shape index (κ1) is 17.0. The van der Waals surface area contributed by atoms with Crippen molar-refractivity contribution in [1.82, 2.24) is 0 Å². The third-order valence-corrected chi connectivity index (χ3v) is 4.49. The first-order chi connectivity index (χ1) is 12.0. The molecule has 0 bridgehead atoms. The summed E-state index contributed by atoms with van der Waals surface area (Å²) in [6.45, 7) is 1.62. The maximum absolute atomic E-state index is 12.1. The SMILES string of the molecule is Cc1ccc(C2=NC(=O)/C(=C/c3ccc(OCC(=O)O)cc3)S2)cc1. The molecule has 2 aromatic rings. The van der Waals surface area contributed by atoms with Gasteiger partial charge in [0.05, 0.1) is 4.91 Å². The Labute approximate surface area is 149 Å². The second-order valence-electron chi connectivity index (χ2n) is 5.45. The van der Waals surface area contributed by atoms with E-state index in [9.17, 15) is 9.59 Å². The molecule has 0 saturated carbocycles. The zero-order valence-corrected chi connectivity index (χ0v) is 14.2. The van der Waals surface area contributed by atoms with Crippen molar-refractivity contribution in [1.29, 1.82) is 0 Å². The van der Waals surface area contributed by atoms with Crippen molar-refractivity contribution in [2.24, 2.45) is 4.99 Å². The van der Waals surface area contributed by atoms with Gasteiger partial charge in [-0.2, -0.15) is 0 Å². The lowest BCUT2D eigenvalue weighted by Crippen LogP contribution is -2.09. The highest BCUT2D eigenvalue weighted by Gasteiger charge is 2.22. The van der Waals surface area contributed by atoms with Gasteiger partial charge < -0.3 is 9.84 Å². The Bertz CT molecular complexity index is 867. The molecule has 126 valence electrons. The summed E-state index contributed by atoms with van der Waals surface area (Å²) in [5.41, 5.74) is 2.89. The molecule has 1 aliphatic rings. The lowest BCUT2D eigenvalue weighted by molar-refractivity contribution is -0.139. The quantitative estimate of drug-likeness (QED) is 0.833. The molecule has 1 N–H and O–H groups in total. The van der Waals surface area contributed by atoms with Gasteiger partial charge in [0, 0.05) is 5.56 Å². The summed E-state index contributed by atoms with van der Waals surface area (Å²) >= 11 is 1.34. The van der Waals surface area contributed by atoms with Crippen LogP contribution in [0, 0.1) is 6.92 Å². The number of hydrogen-bond donors (Lipinski definition) is 1. The van der Waals surface area contributed by atoms with Crippen LogP contribution in [0.15, 0.2) is 58.4 Å². The number of aliphatic imine (C=N–C) groups is 1. The standard InChI is InChI=1S/C19H15NO4S/c1-12-2-6-14(7-3-12)19-20-18(23)16(25-19)10-13-4-8-15(9-5-13)24-11-17(21)22/h2-10H,11H2,1H3,(H,21,22)/b16-10-. The second kappa shape index (κ2) is 7.36. The summed E-state index contributed by atoms with van der Waals surface area (Å²) in [6, 6.07) is 14.7. The monoisotopic (exact) mass is 353 g/mol. The predicted octanol–water partition coefficient (Wildman–Crippen LogP) is 3.52. The summed E-state index contributed by atoms with van der Waals surface area (Å²) < 4.78 is 5.08. The van der Waals surface area contributed by atoms with E-state index in [1.165, 1.54) is 11.8 Å². The zero-order valence-electron chi connectivity index (χ0n) is 13.4. The summed E-state index contributed by atoms with van der Waals surface area (Å²) in [7, 11) is 0. The average Bonchev–Trinajstić information content (AvgIpc) is 2.95. The molecule has 0 aromatic heterocycles. The minimum absolute atomic E-state index is 0.258. The topological polar surface area (TPSA) is 76.0 Å². The molecule has 1 heterocycles. The first-order valence-corrected chi connectivity index (χ1v) is 8.37. The van der Waals surface area contributed by atoms with E-state index in [4.69, 9.17) is 9.84 Å². The van der Waals surface area contributed by atoms with Crippen LogP contribution in [0.1, 0.15) is 16.7 Å². The number of benzene rings is 2. The van der Waals surface area contributed by atoms with E-state index < -0.39 is 5.97 Å². The molecular weight excluding hydrogens is 338 g/mol. The minimum atomic E-state index is -1.03. The molecule has 0 radical (unpaired) electrons. The number of thioether (sulfide) groups is 1. The number of aryl methyl sites for hydroxylation is 1. The summed E-state index contributed by atoms with van der Waals surface area (Å²) in [4.78, 5) is 27.3. The van der Waals surface area contributed by atoms with E-state index in [-0.39, 0.29) is 12.5 Å². The van der Waals surface area contributed by atoms with Crippen molar-refractivity contribution in [3.63, 3.8) is 0 Å². The van der Waals surface area contributed by atoms with Crippen molar-refractivity contribution in [2.45, 2.75) is 6.92 Å². The molecule has 0 fully saturated rings. The van der Waals surface area contributed by atoms with E-state index in [2.05, 4.69) is 4.99 Å². The number of ether oxygens (including phenoxy) is 1. The number of rotatable bonds is 5. The van der Waals surface area contributed by atoms with Crippen LogP contribution in [-0.4, -0.2) is 28.6 Å². The number of carbonyl (C=O) groups excluding carboxylic acids is 1. The molecule has 0 atom stereocenters. The first-order valence-electron chi connectivity index (χ1n) is 7.55. The van der Waals surface area contributed by atoms with E-state index in [1.807, 2.05) is 31.2 Å². The van der Waals surface area contributed by atoms with Crippen molar-refractivity contribution < 1.29 is 19.4 Å². The third kappa shape index (κ3) is 4.36. The van der Waals surface area contributed by atoms with Crippen molar-refractivity contribution >= 4 is 34.8 Å². The molecule has 1 amide bonds. The van der Waals surface area contributed by atoms with Crippen LogP contribution in [0.2, 0.25) is 0 Å². The smallest absolute Gasteiger partial charge is 0.341 e. The van der Waals surface area contributed by atoms with E-state index >= 15 is 0 Å². The Hall–Kier alpha value is -2.86. The Morgan fingerprint density at radius 1 is 1.16 bits per heavy atom. The fourth-order valence-electron chi connectivity index (χ4n) is 2.19. The number of carboxylic acid groups (broad SMARTS) is 1. The minimum Gasteiger partial charge on any atom is -0.482 e. The van der Waals surface area contributed by atoms with Crippen LogP contribution in [0.25, 0.3) is 6.08 Å². The fraction of sp³-hybridized carbons (Fsp3) is 0.105. The van der Waals surface area contributed by atoms with Crippen LogP contribution >= 0.6 is 11.8 Å². The zero-order chi connectivity index (χ0) is 17.8. The number of nitrogens with zero attached hydrogens (tertiary/aromatic N) is 1. The lowest BCUT2D eigenvalue weighted by atomic mass is 10.2. The van der Waals surface area contributed by atoms with Crippen molar-refractivity contribution in [3.8, 4) is 5.75 Å². The Kier molecular flexibility index (Phi) is 5.00. The van der Waals surface area contributed by atoms with Crippen LogP contribution in [0.3, 0.4) is 0 Å². The van der Waals surface area contributed by atoms with Crippen LogP contribution in [0.5, 0.6) is 5.75 Å². The molecule has 1 aliphatic heterocycles. The van der Waals surface area contributed by atoms with Crippen molar-refractivity contribution in [2.75, 3.05) is 6.61 Å². The molecule has 3 rings (SSSR count). The molecule has 5 nitrogen and oxygen atoms in total. The molecule has 6 heteroatoms. The molecule has 2 aromatic carbocycles. The Morgan fingerprint density at radius 3 is 2.48 bits per heavy atom. The van der Waals surface area contributed by atoms with E-state index in [0.717, 1.165) is 16.7 Å². The maximum atomic E-state index is 12.1. The summed E-state index contributed by atoms with van der Waals surface area (Å²) in [5.74, 6) is -0.821. The molecule has 0 unspecified atom stereocenters. The largest absolute Gasteiger partial charge is 0.482 e. The molecule has 0 aliphatic carbocycles. The van der Waals surface area contributed by atoms with Crippen LogP contribution in [0.4, 0.5) is 0 Å². The van der Waals surface area contributed by atoms with Crippen LogP contribution < -0.4 is 4.74 Å². The van der Waals surface area contributed by atoms with E-state index in [1.54, 1.807) is 30.3 Å². The normalized spacial score (nSPS) is 15.3. The molecule has 25 heavy (non-hydrogen) atoms. The third-order valence-electron chi connectivity index (χ3n) is 3.46. The van der Waals surface area contributed by atoms with Gasteiger partial charge in [-0.1, -0.05) is 53.7 Å². The van der Waals surface area contributed by atoms with Gasteiger partial charge in [0.25, 0.3) is 5.91 Å². The van der Waals surface area contributed by atoms with Gasteiger partial charge >= 0.3 is 5.97 Å². The highest BCUT2D eigenvalue weighted by molar-refractivity contribution is 8.19. The Morgan fingerprint density at radius 2 is 1.84 bits per heavy atom. The van der Waals surface area contributed by atoms with Gasteiger partial charge in [-0.05, 0) is 30.7 Å². The average molecular weight is 353 g/mol. The van der Waals surface area contributed by atoms with Crippen LogP contribution in [-0.2, 0) is 9.59 Å². The molecule has 0 spiro atoms. The fourth-order valence-corrected chi connectivity index (χ4v) is 3.10. The number of carbonyl (C=O) groups is 2. The number of aliphatic carboxylic acids is 1. The van der Waals surface area contributed by atoms with E-state index in [0.29, 0.717) is 15.7 Å². The van der Waals surface area contributed by atoms with Crippen molar-refractivity contribution in [3.05, 3.63) is 70.1 Å². The molecular formula is C19H15NO4S. The summed E-state index contributed by atoms with van der Waals surface area (Å²) in [6.07, 6.45) is 1.76. The lowest BCUT2D eigenvalue weighted by Gasteiger charge is -2.03.